The fourth-order valence-electron chi connectivity index (χ4n) is 1.60. The van der Waals surface area contributed by atoms with E-state index in [9.17, 15) is 0 Å². The average molecular weight is 278 g/mol. The van der Waals surface area contributed by atoms with Gasteiger partial charge in [-0.15, -0.1) is 0 Å². The molecule has 0 radical (unpaired) electrons. The van der Waals surface area contributed by atoms with Crippen LogP contribution >= 0.6 is 11.6 Å². The van der Waals surface area contributed by atoms with E-state index in [1.807, 2.05) is 44.2 Å². The van der Waals surface area contributed by atoms with Gasteiger partial charge in [-0.1, -0.05) is 30.3 Å². The van der Waals surface area contributed by atoms with Gasteiger partial charge in [0.2, 0.25) is 5.28 Å². The third kappa shape index (κ3) is 4.10. The lowest BCUT2D eigenvalue weighted by atomic mass is 10.2. The molecular formula is C14H16ClN3O. The van der Waals surface area contributed by atoms with Gasteiger partial charge in [0.1, 0.15) is 0 Å². The Kier molecular flexibility index (Phi) is 4.58. The number of nitrogens with zero attached hydrogens (tertiary/aromatic N) is 2. The van der Waals surface area contributed by atoms with Crippen LogP contribution in [0.5, 0.6) is 5.75 Å². The molecule has 1 aromatic heterocycles. The number of rotatable bonds is 5. The highest BCUT2D eigenvalue weighted by Gasteiger charge is 2.09. The van der Waals surface area contributed by atoms with Gasteiger partial charge in [0.15, 0.2) is 11.6 Å². The maximum Gasteiger partial charge on any atom is 0.224 e. The largest absolute Gasteiger partial charge is 0.486 e. The van der Waals surface area contributed by atoms with Crippen molar-refractivity contribution < 1.29 is 4.74 Å². The summed E-state index contributed by atoms with van der Waals surface area (Å²) in [4.78, 5) is 8.10. The Labute approximate surface area is 117 Å². The van der Waals surface area contributed by atoms with Gasteiger partial charge < -0.3 is 10.1 Å². The summed E-state index contributed by atoms with van der Waals surface area (Å²) >= 11 is 5.82. The van der Waals surface area contributed by atoms with E-state index in [4.69, 9.17) is 16.3 Å². The van der Waals surface area contributed by atoms with Gasteiger partial charge in [-0.25, -0.2) is 4.98 Å². The van der Waals surface area contributed by atoms with Crippen molar-refractivity contribution in [3.63, 3.8) is 0 Å². The Morgan fingerprint density at radius 3 is 2.68 bits per heavy atom. The molecule has 0 amide bonds. The SMILES string of the molecule is CC(C)Oc1cnc(Cl)nc1NCc1ccccc1. The van der Waals surface area contributed by atoms with Gasteiger partial charge in [0.25, 0.3) is 0 Å². The van der Waals surface area contributed by atoms with Crippen LogP contribution in [0.25, 0.3) is 0 Å². The maximum atomic E-state index is 5.82. The Bertz CT molecular complexity index is 531. The van der Waals surface area contributed by atoms with Crippen LogP contribution < -0.4 is 10.1 Å². The smallest absolute Gasteiger partial charge is 0.224 e. The summed E-state index contributed by atoms with van der Waals surface area (Å²) in [5.74, 6) is 1.22. The Hall–Kier alpha value is -1.81. The second-order valence-corrected chi connectivity index (χ2v) is 4.70. The van der Waals surface area contributed by atoms with Crippen LogP contribution in [0.4, 0.5) is 5.82 Å². The molecule has 19 heavy (non-hydrogen) atoms. The molecule has 5 heteroatoms. The summed E-state index contributed by atoms with van der Waals surface area (Å²) in [6.45, 7) is 4.56. The van der Waals surface area contributed by atoms with Crippen LogP contribution in [0, 0.1) is 0 Å². The molecule has 0 unspecified atom stereocenters. The minimum Gasteiger partial charge on any atom is -0.486 e. The van der Waals surface area contributed by atoms with Gasteiger partial charge in [-0.2, -0.15) is 4.98 Å². The molecule has 0 atom stereocenters. The molecule has 1 aromatic carbocycles. The zero-order chi connectivity index (χ0) is 13.7. The predicted molar refractivity (Wildman–Crippen MR) is 76.6 cm³/mol. The second kappa shape index (κ2) is 6.38. The Balaban J connectivity index is 2.12. The van der Waals surface area contributed by atoms with Gasteiger partial charge in [0, 0.05) is 6.54 Å². The van der Waals surface area contributed by atoms with Crippen molar-refractivity contribution in [1.82, 2.24) is 9.97 Å². The standard InChI is InChI=1S/C14H16ClN3O/c1-10(2)19-12-9-17-14(15)18-13(12)16-8-11-6-4-3-5-7-11/h3-7,9-10H,8H2,1-2H3,(H,16,17,18). The van der Waals surface area contributed by atoms with Gasteiger partial charge in [0.05, 0.1) is 12.3 Å². The first-order valence-corrected chi connectivity index (χ1v) is 6.50. The number of nitrogens with one attached hydrogen (secondary N) is 1. The quantitative estimate of drug-likeness (QED) is 0.850. The Morgan fingerprint density at radius 1 is 1.26 bits per heavy atom. The van der Waals surface area contributed by atoms with Crippen LogP contribution in [0.15, 0.2) is 36.5 Å². The second-order valence-electron chi connectivity index (χ2n) is 4.36. The van der Waals surface area contributed by atoms with E-state index in [2.05, 4.69) is 15.3 Å². The van der Waals surface area contributed by atoms with E-state index < -0.39 is 0 Å². The summed E-state index contributed by atoms with van der Waals surface area (Å²) in [6.07, 6.45) is 1.64. The highest BCUT2D eigenvalue weighted by atomic mass is 35.5. The van der Waals surface area contributed by atoms with E-state index in [1.54, 1.807) is 6.20 Å². The molecule has 4 nitrogen and oxygen atoms in total. The van der Waals surface area contributed by atoms with Crippen molar-refractivity contribution in [2.75, 3.05) is 5.32 Å². The summed E-state index contributed by atoms with van der Waals surface area (Å²) in [6, 6.07) is 10.1. The molecule has 0 aliphatic rings. The summed E-state index contributed by atoms with van der Waals surface area (Å²) in [5, 5.41) is 3.42. The zero-order valence-electron chi connectivity index (χ0n) is 10.9. The lowest BCUT2D eigenvalue weighted by molar-refractivity contribution is 0.242. The first-order valence-electron chi connectivity index (χ1n) is 6.12. The van der Waals surface area contributed by atoms with Crippen LogP contribution in [0.2, 0.25) is 5.28 Å². The number of halogens is 1. The lowest BCUT2D eigenvalue weighted by Crippen LogP contribution is -2.10. The van der Waals surface area contributed by atoms with Crippen molar-refractivity contribution in [2.24, 2.45) is 0 Å². The van der Waals surface area contributed by atoms with E-state index in [1.165, 1.54) is 0 Å². The fraction of sp³-hybridized carbons (Fsp3) is 0.286. The molecule has 0 saturated heterocycles. The molecule has 2 aromatic rings. The number of hydrogen-bond acceptors (Lipinski definition) is 4. The van der Waals surface area contributed by atoms with Crippen molar-refractivity contribution in [2.45, 2.75) is 26.5 Å². The zero-order valence-corrected chi connectivity index (χ0v) is 11.7. The van der Waals surface area contributed by atoms with Crippen molar-refractivity contribution >= 4 is 17.4 Å². The molecule has 1 heterocycles. The van der Waals surface area contributed by atoms with E-state index in [0.29, 0.717) is 18.1 Å². The van der Waals surface area contributed by atoms with Crippen molar-refractivity contribution in [3.8, 4) is 5.75 Å². The van der Waals surface area contributed by atoms with E-state index in [-0.39, 0.29) is 11.4 Å². The highest BCUT2D eigenvalue weighted by molar-refractivity contribution is 6.28. The summed E-state index contributed by atoms with van der Waals surface area (Å²) in [7, 11) is 0. The molecule has 1 N–H and O–H groups in total. The van der Waals surface area contributed by atoms with Crippen LogP contribution in [0.3, 0.4) is 0 Å². The molecule has 100 valence electrons. The molecule has 0 bridgehead atoms. The van der Waals surface area contributed by atoms with Gasteiger partial charge in [-0.3, -0.25) is 0 Å². The van der Waals surface area contributed by atoms with E-state index in [0.717, 1.165) is 5.56 Å². The molecular weight excluding hydrogens is 262 g/mol. The highest BCUT2D eigenvalue weighted by Crippen LogP contribution is 2.24. The first kappa shape index (κ1) is 13.6. The molecule has 0 saturated carbocycles. The first-order chi connectivity index (χ1) is 9.15. The summed E-state index contributed by atoms with van der Waals surface area (Å²) in [5.41, 5.74) is 1.16. The number of anilines is 1. The molecule has 2 rings (SSSR count). The van der Waals surface area contributed by atoms with Gasteiger partial charge >= 0.3 is 0 Å². The number of ether oxygens (including phenoxy) is 1. The average Bonchev–Trinajstić information content (AvgIpc) is 2.40. The Morgan fingerprint density at radius 2 is 2.00 bits per heavy atom. The number of benzene rings is 1. The fourth-order valence-corrected chi connectivity index (χ4v) is 1.73. The van der Waals surface area contributed by atoms with Crippen molar-refractivity contribution in [1.29, 1.82) is 0 Å². The van der Waals surface area contributed by atoms with Crippen molar-refractivity contribution in [3.05, 3.63) is 47.4 Å². The minimum atomic E-state index is 0.0575. The number of hydrogen-bond donors (Lipinski definition) is 1. The van der Waals surface area contributed by atoms with E-state index >= 15 is 0 Å². The lowest BCUT2D eigenvalue weighted by Gasteiger charge is -2.14. The topological polar surface area (TPSA) is 47.0 Å². The minimum absolute atomic E-state index is 0.0575. The van der Waals surface area contributed by atoms with Crippen LogP contribution in [0.1, 0.15) is 19.4 Å². The van der Waals surface area contributed by atoms with Crippen LogP contribution in [-0.4, -0.2) is 16.1 Å². The molecule has 0 fully saturated rings. The summed E-state index contributed by atoms with van der Waals surface area (Å²) < 4.78 is 5.64. The monoisotopic (exact) mass is 277 g/mol. The normalized spacial score (nSPS) is 10.5. The molecule has 0 spiro atoms. The number of aromatic nitrogens is 2. The van der Waals surface area contributed by atoms with Gasteiger partial charge in [-0.05, 0) is 31.0 Å². The van der Waals surface area contributed by atoms with Crippen LogP contribution in [-0.2, 0) is 6.54 Å². The molecule has 0 aliphatic heterocycles. The maximum absolute atomic E-state index is 5.82. The molecule has 0 aliphatic carbocycles. The predicted octanol–water partition coefficient (Wildman–Crippen LogP) is 3.53. The third-order valence-electron chi connectivity index (χ3n) is 2.39. The third-order valence-corrected chi connectivity index (χ3v) is 2.57.